The normalized spacial score (nSPS) is 13.6. The standard InChI is InChI=1S/C51H34N4/c1-5-16-35(17-6-1)37-28-30-40(31-29-37)50-52-49(39-22-11-4-12-23-39)53-51(54-50)42-32-41(36-18-7-2-8-19-36)33-43(34-42)55-46-26-14-13-24-45(46)48-44(25-15-27-47(48)55)38-20-9-3-10-21-38/h1-34H/i3D,9D,10D,13D,14D,20D,21D,24D,26D. The topological polar surface area (TPSA) is 43.6 Å². The highest BCUT2D eigenvalue weighted by atomic mass is 15.0. The van der Waals surface area contributed by atoms with Gasteiger partial charge in [-0.15, -0.1) is 0 Å². The Kier molecular flexibility index (Phi) is 6.04. The van der Waals surface area contributed by atoms with Crippen LogP contribution >= 0.6 is 0 Å². The van der Waals surface area contributed by atoms with Crippen LogP contribution in [0.25, 0.3) is 95.0 Å². The van der Waals surface area contributed by atoms with Crippen LogP contribution < -0.4 is 0 Å². The van der Waals surface area contributed by atoms with Crippen molar-refractivity contribution in [1.82, 2.24) is 19.5 Å². The van der Waals surface area contributed by atoms with Gasteiger partial charge in [-0.2, -0.15) is 0 Å². The average molecular weight is 712 g/mol. The number of benzene rings is 8. The molecule has 0 saturated heterocycles. The van der Waals surface area contributed by atoms with E-state index < -0.39 is 42.3 Å². The van der Waals surface area contributed by atoms with E-state index in [0.29, 0.717) is 39.6 Å². The minimum absolute atomic E-state index is 0.0789. The molecular formula is C51H34N4. The summed E-state index contributed by atoms with van der Waals surface area (Å²) in [5.74, 6) is 1.26. The molecule has 4 heteroatoms. The predicted octanol–water partition coefficient (Wildman–Crippen LogP) is 13.0. The Balaban J connectivity index is 1.27. The molecule has 4 nitrogen and oxygen atoms in total. The maximum Gasteiger partial charge on any atom is 0.164 e. The molecule has 0 bridgehead atoms. The minimum Gasteiger partial charge on any atom is -0.309 e. The van der Waals surface area contributed by atoms with Crippen molar-refractivity contribution in [3.8, 4) is 73.2 Å². The second kappa shape index (κ2) is 13.8. The van der Waals surface area contributed by atoms with Crippen LogP contribution in [-0.2, 0) is 0 Å². The number of nitrogens with zero attached hydrogens (tertiary/aromatic N) is 4. The van der Waals surface area contributed by atoms with Gasteiger partial charge < -0.3 is 4.57 Å². The molecule has 0 aliphatic carbocycles. The zero-order valence-corrected chi connectivity index (χ0v) is 29.2. The lowest BCUT2D eigenvalue weighted by molar-refractivity contribution is 1.07. The summed E-state index contributed by atoms with van der Waals surface area (Å²) < 4.78 is 81.0. The fraction of sp³-hybridized carbons (Fsp3) is 0. The van der Waals surface area contributed by atoms with Crippen molar-refractivity contribution < 1.29 is 12.3 Å². The van der Waals surface area contributed by atoms with Gasteiger partial charge in [0.15, 0.2) is 17.5 Å². The molecule has 0 spiro atoms. The van der Waals surface area contributed by atoms with E-state index in [2.05, 4.69) is 12.1 Å². The number of aromatic nitrogens is 4. The summed E-state index contributed by atoms with van der Waals surface area (Å²) in [6.45, 7) is 0. The van der Waals surface area contributed by atoms with Crippen LogP contribution in [0.3, 0.4) is 0 Å². The smallest absolute Gasteiger partial charge is 0.164 e. The van der Waals surface area contributed by atoms with Crippen LogP contribution in [0.5, 0.6) is 0 Å². The van der Waals surface area contributed by atoms with Gasteiger partial charge in [0.1, 0.15) is 0 Å². The number of para-hydroxylation sites is 1. The molecule has 258 valence electrons. The minimum atomic E-state index is -0.540. The summed E-state index contributed by atoms with van der Waals surface area (Å²) in [6, 6.07) is 44.4. The van der Waals surface area contributed by atoms with Crippen molar-refractivity contribution in [2.75, 3.05) is 0 Å². The number of rotatable bonds is 7. The highest BCUT2D eigenvalue weighted by Gasteiger charge is 2.19. The molecule has 0 saturated carbocycles. The highest BCUT2D eigenvalue weighted by molar-refractivity contribution is 6.15. The van der Waals surface area contributed by atoms with Crippen molar-refractivity contribution in [3.05, 3.63) is 206 Å². The van der Waals surface area contributed by atoms with Crippen molar-refractivity contribution >= 4 is 21.8 Å². The van der Waals surface area contributed by atoms with E-state index in [-0.39, 0.29) is 34.1 Å². The molecule has 0 unspecified atom stereocenters. The summed E-state index contributed by atoms with van der Waals surface area (Å²) in [6.07, 6.45) is 0. The van der Waals surface area contributed by atoms with Crippen LogP contribution in [0.1, 0.15) is 12.3 Å². The molecule has 55 heavy (non-hydrogen) atoms. The Morgan fingerprint density at radius 3 is 1.55 bits per heavy atom. The lowest BCUT2D eigenvalue weighted by Gasteiger charge is -2.15. The zero-order valence-electron chi connectivity index (χ0n) is 38.2. The Labute approximate surface area is 332 Å². The number of fused-ring (bicyclic) bond motifs is 3. The van der Waals surface area contributed by atoms with Gasteiger partial charge in [-0.3, -0.25) is 0 Å². The average Bonchev–Trinajstić information content (AvgIpc) is 3.71. The van der Waals surface area contributed by atoms with Crippen LogP contribution in [-0.4, -0.2) is 19.5 Å². The fourth-order valence-corrected chi connectivity index (χ4v) is 7.08. The second-order valence-corrected chi connectivity index (χ2v) is 13.0. The number of hydrogen-bond acceptors (Lipinski definition) is 3. The Hall–Kier alpha value is -7.43. The molecule has 0 N–H and O–H groups in total. The molecule has 0 aliphatic heterocycles. The molecule has 2 aromatic heterocycles. The summed E-state index contributed by atoms with van der Waals surface area (Å²) >= 11 is 0. The van der Waals surface area contributed by atoms with E-state index in [4.69, 9.17) is 24.5 Å². The lowest BCUT2D eigenvalue weighted by Crippen LogP contribution is -2.02. The molecule has 0 radical (unpaired) electrons. The van der Waals surface area contributed by atoms with E-state index in [0.717, 1.165) is 33.4 Å². The maximum absolute atomic E-state index is 9.35. The summed E-state index contributed by atoms with van der Waals surface area (Å²) in [5.41, 5.74) is 7.15. The maximum atomic E-state index is 9.35. The Morgan fingerprint density at radius 1 is 0.364 bits per heavy atom. The zero-order chi connectivity index (χ0) is 44.4. The quantitative estimate of drug-likeness (QED) is 0.165. The molecule has 2 heterocycles. The van der Waals surface area contributed by atoms with Gasteiger partial charge in [0.05, 0.1) is 23.4 Å². The van der Waals surface area contributed by atoms with Gasteiger partial charge in [0.25, 0.3) is 0 Å². The van der Waals surface area contributed by atoms with Crippen molar-refractivity contribution in [3.63, 3.8) is 0 Å². The van der Waals surface area contributed by atoms with Crippen LogP contribution in [0.4, 0.5) is 0 Å². The third-order valence-corrected chi connectivity index (χ3v) is 9.65. The molecular weight excluding hydrogens is 669 g/mol. The summed E-state index contributed by atoms with van der Waals surface area (Å²) in [4.78, 5) is 15.1. The predicted molar refractivity (Wildman–Crippen MR) is 227 cm³/mol. The van der Waals surface area contributed by atoms with Crippen LogP contribution in [0.15, 0.2) is 206 Å². The van der Waals surface area contributed by atoms with E-state index in [1.54, 1.807) is 22.8 Å². The Bertz CT molecular complexity index is 3440. The second-order valence-electron chi connectivity index (χ2n) is 13.0. The SMILES string of the molecule is [2H]c1c([2H])c([2H])c(-c2cccc3c2c2c([2H])c([2H])c([2H])c([2H])c2n3-c2cc(-c3ccccc3)cc(-c3nc(-c4ccccc4)nc(-c4ccc(-c5ccccc5)cc4)n3)c2)c([2H])c1[2H]. The van der Waals surface area contributed by atoms with Gasteiger partial charge >= 0.3 is 0 Å². The molecule has 10 rings (SSSR count). The first-order valence-corrected chi connectivity index (χ1v) is 17.8. The highest BCUT2D eigenvalue weighted by Crippen LogP contribution is 2.40. The van der Waals surface area contributed by atoms with Crippen LogP contribution in [0.2, 0.25) is 0 Å². The van der Waals surface area contributed by atoms with E-state index in [1.807, 2.05) is 121 Å². The van der Waals surface area contributed by atoms with Crippen molar-refractivity contribution in [2.45, 2.75) is 0 Å². The molecule has 0 fully saturated rings. The third kappa shape index (κ3) is 6.06. The first kappa shape index (κ1) is 24.0. The van der Waals surface area contributed by atoms with Gasteiger partial charge in [-0.05, 0) is 63.7 Å². The van der Waals surface area contributed by atoms with Crippen LogP contribution in [0, 0.1) is 0 Å². The molecule has 10 aromatic rings. The lowest BCUT2D eigenvalue weighted by atomic mass is 9.99. The number of hydrogen-bond donors (Lipinski definition) is 0. The Morgan fingerprint density at radius 2 is 0.873 bits per heavy atom. The fourth-order valence-electron chi connectivity index (χ4n) is 7.08. The van der Waals surface area contributed by atoms with E-state index in [9.17, 15) is 2.74 Å². The first-order chi connectivity index (χ1) is 31.0. The van der Waals surface area contributed by atoms with Gasteiger partial charge in [0, 0.05) is 33.2 Å². The summed E-state index contributed by atoms with van der Waals surface area (Å²) in [7, 11) is 0. The molecule has 0 amide bonds. The van der Waals surface area contributed by atoms with Gasteiger partial charge in [0.2, 0.25) is 0 Å². The monoisotopic (exact) mass is 711 g/mol. The molecule has 0 aliphatic rings. The van der Waals surface area contributed by atoms with Gasteiger partial charge in [-0.1, -0.05) is 176 Å². The first-order valence-electron chi connectivity index (χ1n) is 22.3. The van der Waals surface area contributed by atoms with E-state index in [1.165, 1.54) is 0 Å². The third-order valence-electron chi connectivity index (χ3n) is 9.65. The van der Waals surface area contributed by atoms with Gasteiger partial charge in [-0.25, -0.2) is 15.0 Å². The largest absolute Gasteiger partial charge is 0.309 e. The molecule has 8 aromatic carbocycles. The van der Waals surface area contributed by atoms with Crippen molar-refractivity contribution in [1.29, 1.82) is 0 Å². The van der Waals surface area contributed by atoms with Crippen molar-refractivity contribution in [2.24, 2.45) is 0 Å². The van der Waals surface area contributed by atoms with E-state index >= 15 is 0 Å². The molecule has 0 atom stereocenters. The summed E-state index contributed by atoms with van der Waals surface area (Å²) in [5, 5.41) is 0.449.